The van der Waals surface area contributed by atoms with Crippen LogP contribution in [0.1, 0.15) is 25.3 Å². The van der Waals surface area contributed by atoms with E-state index in [4.69, 9.17) is 0 Å². The van der Waals surface area contributed by atoms with E-state index in [1.165, 1.54) is 18.4 Å². The van der Waals surface area contributed by atoms with Gasteiger partial charge in [-0.05, 0) is 62.9 Å². The zero-order valence-electron chi connectivity index (χ0n) is 8.53. The number of unbranched alkanes of at least 4 members (excludes halogenated alkanes) is 1. The van der Waals surface area contributed by atoms with Gasteiger partial charge >= 0.3 is 0 Å². The molecule has 0 aliphatic rings. The van der Waals surface area contributed by atoms with Gasteiger partial charge < -0.3 is 5.32 Å². The first-order chi connectivity index (χ1) is 6.65. The lowest BCUT2D eigenvalue weighted by atomic mass is 10.2. The average molecular weight is 321 g/mol. The minimum absolute atomic E-state index is 1.02. The maximum absolute atomic E-state index is 3.56. The number of halogens is 2. The van der Waals surface area contributed by atoms with Crippen molar-refractivity contribution < 1.29 is 0 Å². The van der Waals surface area contributed by atoms with Crippen molar-refractivity contribution in [2.45, 2.75) is 26.7 Å². The van der Waals surface area contributed by atoms with Gasteiger partial charge in [-0.25, -0.2) is 0 Å². The van der Waals surface area contributed by atoms with Crippen LogP contribution in [0.3, 0.4) is 0 Å². The van der Waals surface area contributed by atoms with Gasteiger partial charge in [0.05, 0.1) is 5.69 Å². The van der Waals surface area contributed by atoms with E-state index in [9.17, 15) is 0 Å². The van der Waals surface area contributed by atoms with Gasteiger partial charge in [-0.1, -0.05) is 13.3 Å². The molecule has 0 fully saturated rings. The summed E-state index contributed by atoms with van der Waals surface area (Å²) in [4.78, 5) is 0. The van der Waals surface area contributed by atoms with Gasteiger partial charge in [-0.15, -0.1) is 0 Å². The monoisotopic (exact) mass is 319 g/mol. The Morgan fingerprint density at radius 1 is 1.21 bits per heavy atom. The zero-order valence-corrected chi connectivity index (χ0v) is 11.7. The molecule has 3 heteroatoms. The van der Waals surface area contributed by atoms with Crippen molar-refractivity contribution in [3.8, 4) is 0 Å². The van der Waals surface area contributed by atoms with E-state index in [0.717, 1.165) is 21.2 Å². The first-order valence-electron chi connectivity index (χ1n) is 4.84. The molecule has 78 valence electrons. The Morgan fingerprint density at radius 2 is 1.79 bits per heavy atom. The molecule has 0 radical (unpaired) electrons. The van der Waals surface area contributed by atoms with Gasteiger partial charge in [0.25, 0.3) is 0 Å². The summed E-state index contributed by atoms with van der Waals surface area (Å²) >= 11 is 7.12. The highest BCUT2D eigenvalue weighted by Gasteiger charge is 2.04. The molecule has 1 N–H and O–H groups in total. The maximum Gasteiger partial charge on any atom is 0.0629 e. The van der Waals surface area contributed by atoms with Crippen LogP contribution in [0.4, 0.5) is 5.69 Å². The number of nitrogens with one attached hydrogen (secondary N) is 1. The SMILES string of the molecule is CCCCNc1c(Br)cc(C)cc1Br. The summed E-state index contributed by atoms with van der Waals surface area (Å²) in [5.41, 5.74) is 2.41. The predicted molar refractivity (Wildman–Crippen MR) is 70.0 cm³/mol. The molecule has 1 nitrogen and oxygen atoms in total. The second-order valence-corrected chi connectivity index (χ2v) is 5.09. The van der Waals surface area contributed by atoms with Crippen molar-refractivity contribution >= 4 is 37.5 Å². The molecule has 0 heterocycles. The molecule has 1 rings (SSSR count). The zero-order chi connectivity index (χ0) is 10.6. The van der Waals surface area contributed by atoms with Crippen molar-refractivity contribution in [2.75, 3.05) is 11.9 Å². The predicted octanol–water partition coefficient (Wildman–Crippen LogP) is 4.73. The summed E-state index contributed by atoms with van der Waals surface area (Å²) in [6, 6.07) is 4.25. The molecule has 0 saturated carbocycles. The lowest BCUT2D eigenvalue weighted by Gasteiger charge is -2.11. The van der Waals surface area contributed by atoms with Crippen molar-refractivity contribution in [3.05, 3.63) is 26.6 Å². The van der Waals surface area contributed by atoms with Crippen LogP contribution in [0, 0.1) is 6.92 Å². The lowest BCUT2D eigenvalue weighted by Crippen LogP contribution is -2.02. The van der Waals surface area contributed by atoms with E-state index in [2.05, 4.69) is 63.2 Å². The summed E-state index contributed by atoms with van der Waals surface area (Å²) in [7, 11) is 0. The molecule has 1 aromatic carbocycles. The molecule has 0 aliphatic heterocycles. The van der Waals surface area contributed by atoms with Crippen molar-refractivity contribution in [2.24, 2.45) is 0 Å². The standard InChI is InChI=1S/C11H15Br2N/c1-3-4-5-14-11-9(12)6-8(2)7-10(11)13/h6-7,14H,3-5H2,1-2H3. The van der Waals surface area contributed by atoms with E-state index in [-0.39, 0.29) is 0 Å². The largest absolute Gasteiger partial charge is 0.383 e. The maximum atomic E-state index is 3.56. The lowest BCUT2D eigenvalue weighted by molar-refractivity contribution is 0.833. The van der Waals surface area contributed by atoms with Crippen LogP contribution in [-0.4, -0.2) is 6.54 Å². The molecule has 14 heavy (non-hydrogen) atoms. The van der Waals surface area contributed by atoms with E-state index in [1.807, 2.05) is 0 Å². The molecule has 0 unspecified atom stereocenters. The molecule has 0 bridgehead atoms. The number of benzene rings is 1. The van der Waals surface area contributed by atoms with Crippen LogP contribution in [0.15, 0.2) is 21.1 Å². The Balaban J connectivity index is 2.75. The molecule has 0 amide bonds. The number of hydrogen-bond donors (Lipinski definition) is 1. The van der Waals surface area contributed by atoms with E-state index < -0.39 is 0 Å². The van der Waals surface area contributed by atoms with Gasteiger partial charge in [0.2, 0.25) is 0 Å². The highest BCUT2D eigenvalue weighted by molar-refractivity contribution is 9.11. The fourth-order valence-corrected chi connectivity index (χ4v) is 2.95. The average Bonchev–Trinajstić information content (AvgIpc) is 2.09. The minimum atomic E-state index is 1.02. The third-order valence-electron chi connectivity index (χ3n) is 2.02. The Hall–Kier alpha value is -0.0200. The quantitative estimate of drug-likeness (QED) is 0.791. The van der Waals surface area contributed by atoms with Crippen molar-refractivity contribution in [1.82, 2.24) is 0 Å². The molecule has 0 saturated heterocycles. The molecule has 0 aliphatic carbocycles. The molecule has 0 atom stereocenters. The highest BCUT2D eigenvalue weighted by Crippen LogP contribution is 2.32. The van der Waals surface area contributed by atoms with E-state index in [0.29, 0.717) is 0 Å². The molecular formula is C11H15Br2N. The number of hydrogen-bond acceptors (Lipinski definition) is 1. The van der Waals surface area contributed by atoms with Gasteiger partial charge in [-0.3, -0.25) is 0 Å². The van der Waals surface area contributed by atoms with Crippen molar-refractivity contribution in [3.63, 3.8) is 0 Å². The molecule has 0 spiro atoms. The van der Waals surface area contributed by atoms with Crippen molar-refractivity contribution in [1.29, 1.82) is 0 Å². The Bertz CT molecular complexity index is 287. The van der Waals surface area contributed by atoms with Gasteiger partial charge in [-0.2, -0.15) is 0 Å². The summed E-state index contributed by atoms with van der Waals surface area (Å²) in [5.74, 6) is 0. The molecular weight excluding hydrogens is 306 g/mol. The first-order valence-corrected chi connectivity index (χ1v) is 6.43. The topological polar surface area (TPSA) is 12.0 Å². The Kier molecular flexibility index (Phi) is 4.96. The molecule has 0 aromatic heterocycles. The number of aryl methyl sites for hydroxylation is 1. The third kappa shape index (κ3) is 3.28. The minimum Gasteiger partial charge on any atom is -0.383 e. The van der Waals surface area contributed by atoms with Gasteiger partial charge in [0.1, 0.15) is 0 Å². The summed E-state index contributed by atoms with van der Waals surface area (Å²) in [6.07, 6.45) is 2.42. The summed E-state index contributed by atoms with van der Waals surface area (Å²) < 4.78 is 2.25. The van der Waals surface area contributed by atoms with Gasteiger partial charge in [0.15, 0.2) is 0 Å². The van der Waals surface area contributed by atoms with E-state index in [1.54, 1.807) is 0 Å². The van der Waals surface area contributed by atoms with Crippen LogP contribution in [0.25, 0.3) is 0 Å². The highest BCUT2D eigenvalue weighted by atomic mass is 79.9. The second-order valence-electron chi connectivity index (χ2n) is 3.38. The summed E-state index contributed by atoms with van der Waals surface area (Å²) in [5, 5.41) is 3.42. The van der Waals surface area contributed by atoms with E-state index >= 15 is 0 Å². The third-order valence-corrected chi connectivity index (χ3v) is 3.27. The van der Waals surface area contributed by atoms with Crippen LogP contribution in [0.2, 0.25) is 0 Å². The second kappa shape index (κ2) is 5.76. The normalized spacial score (nSPS) is 10.3. The Morgan fingerprint density at radius 3 is 2.29 bits per heavy atom. The van der Waals surface area contributed by atoms with Crippen LogP contribution in [0.5, 0.6) is 0 Å². The Labute approximate surface area is 103 Å². The number of anilines is 1. The van der Waals surface area contributed by atoms with Crippen LogP contribution in [-0.2, 0) is 0 Å². The summed E-state index contributed by atoms with van der Waals surface area (Å²) in [6.45, 7) is 5.31. The van der Waals surface area contributed by atoms with Gasteiger partial charge in [0, 0.05) is 15.5 Å². The van der Waals surface area contributed by atoms with Crippen LogP contribution >= 0.6 is 31.9 Å². The fraction of sp³-hybridized carbons (Fsp3) is 0.455. The smallest absolute Gasteiger partial charge is 0.0629 e. The van der Waals surface area contributed by atoms with Crippen LogP contribution < -0.4 is 5.32 Å². The first kappa shape index (κ1) is 12.1. The number of rotatable bonds is 4. The fourth-order valence-electron chi connectivity index (χ4n) is 1.26. The molecule has 1 aromatic rings.